The maximum Gasteiger partial charge on any atom is 0.271 e. The SMILES string of the molecule is CSc1ccnc(C(N)=O)c1OC1CC1. The first-order chi connectivity index (χ1) is 7.22. The molecule has 1 aromatic rings. The number of ether oxygens (including phenoxy) is 1. The van der Waals surface area contributed by atoms with Crippen molar-refractivity contribution in [1.29, 1.82) is 0 Å². The molecule has 80 valence electrons. The number of rotatable bonds is 4. The second-order valence-electron chi connectivity index (χ2n) is 3.37. The van der Waals surface area contributed by atoms with Crippen molar-refractivity contribution < 1.29 is 9.53 Å². The molecule has 1 heterocycles. The van der Waals surface area contributed by atoms with Crippen LogP contribution in [0.4, 0.5) is 0 Å². The molecule has 0 spiro atoms. The molecule has 1 saturated carbocycles. The van der Waals surface area contributed by atoms with Gasteiger partial charge in [0.25, 0.3) is 5.91 Å². The Morgan fingerprint density at radius 2 is 2.40 bits per heavy atom. The Bertz CT molecular complexity index is 391. The van der Waals surface area contributed by atoms with Gasteiger partial charge in [-0.25, -0.2) is 4.98 Å². The fourth-order valence-electron chi connectivity index (χ4n) is 1.23. The summed E-state index contributed by atoms with van der Waals surface area (Å²) in [7, 11) is 0. The minimum absolute atomic E-state index is 0.230. The molecule has 0 atom stereocenters. The van der Waals surface area contributed by atoms with E-state index in [2.05, 4.69) is 4.98 Å². The molecule has 2 rings (SSSR count). The van der Waals surface area contributed by atoms with Crippen LogP contribution >= 0.6 is 11.8 Å². The third kappa shape index (κ3) is 2.23. The number of hydrogen-bond acceptors (Lipinski definition) is 4. The van der Waals surface area contributed by atoms with E-state index in [-0.39, 0.29) is 11.8 Å². The number of primary amides is 1. The number of nitrogens with two attached hydrogens (primary N) is 1. The van der Waals surface area contributed by atoms with Gasteiger partial charge in [0.15, 0.2) is 11.4 Å². The fraction of sp³-hybridized carbons (Fsp3) is 0.400. The van der Waals surface area contributed by atoms with Crippen LogP contribution in [0.25, 0.3) is 0 Å². The van der Waals surface area contributed by atoms with Gasteiger partial charge in [0.2, 0.25) is 0 Å². The summed E-state index contributed by atoms with van der Waals surface area (Å²) in [5.41, 5.74) is 5.47. The predicted molar refractivity (Wildman–Crippen MR) is 58.2 cm³/mol. The number of thioether (sulfide) groups is 1. The fourth-order valence-corrected chi connectivity index (χ4v) is 1.76. The monoisotopic (exact) mass is 224 g/mol. The minimum Gasteiger partial charge on any atom is -0.487 e. The van der Waals surface area contributed by atoms with Gasteiger partial charge in [-0.3, -0.25) is 4.79 Å². The van der Waals surface area contributed by atoms with E-state index in [9.17, 15) is 4.79 Å². The maximum absolute atomic E-state index is 11.2. The van der Waals surface area contributed by atoms with Gasteiger partial charge in [0.1, 0.15) is 0 Å². The van der Waals surface area contributed by atoms with Crippen molar-refractivity contribution >= 4 is 17.7 Å². The van der Waals surface area contributed by atoms with Crippen LogP contribution in [-0.4, -0.2) is 23.3 Å². The minimum atomic E-state index is -0.540. The van der Waals surface area contributed by atoms with E-state index < -0.39 is 5.91 Å². The van der Waals surface area contributed by atoms with Gasteiger partial charge in [-0.15, -0.1) is 11.8 Å². The van der Waals surface area contributed by atoms with Crippen molar-refractivity contribution in [3.63, 3.8) is 0 Å². The lowest BCUT2D eigenvalue weighted by molar-refractivity contribution is 0.0990. The molecular formula is C10H12N2O2S. The first-order valence-corrected chi connectivity index (χ1v) is 5.94. The van der Waals surface area contributed by atoms with E-state index in [1.54, 1.807) is 6.20 Å². The number of pyridine rings is 1. The van der Waals surface area contributed by atoms with Gasteiger partial charge in [0, 0.05) is 6.20 Å². The number of nitrogens with zero attached hydrogens (tertiary/aromatic N) is 1. The molecule has 4 nitrogen and oxygen atoms in total. The zero-order valence-electron chi connectivity index (χ0n) is 8.40. The van der Waals surface area contributed by atoms with Gasteiger partial charge in [-0.1, -0.05) is 0 Å². The maximum atomic E-state index is 11.2. The Morgan fingerprint density at radius 3 is 2.93 bits per heavy atom. The summed E-state index contributed by atoms with van der Waals surface area (Å²) in [6.45, 7) is 0. The molecule has 0 aromatic carbocycles. The lowest BCUT2D eigenvalue weighted by Gasteiger charge is -2.11. The summed E-state index contributed by atoms with van der Waals surface area (Å²) in [6, 6.07) is 1.83. The Morgan fingerprint density at radius 1 is 1.67 bits per heavy atom. The number of aromatic nitrogens is 1. The summed E-state index contributed by atoms with van der Waals surface area (Å²) in [6.07, 6.45) is 5.83. The van der Waals surface area contributed by atoms with Crippen molar-refractivity contribution in [2.24, 2.45) is 5.73 Å². The average Bonchev–Trinajstić information content (AvgIpc) is 3.01. The number of carbonyl (C=O) groups is 1. The summed E-state index contributed by atoms with van der Waals surface area (Å²) in [5.74, 6) is 0.00144. The van der Waals surface area contributed by atoms with Gasteiger partial charge in [0.05, 0.1) is 11.0 Å². The largest absolute Gasteiger partial charge is 0.487 e. The standard InChI is InChI=1S/C10H12N2O2S/c1-15-7-4-5-12-8(10(11)13)9(7)14-6-2-3-6/h4-6H,2-3H2,1H3,(H2,11,13). The van der Waals surface area contributed by atoms with E-state index in [1.807, 2.05) is 12.3 Å². The van der Waals surface area contributed by atoms with Crippen molar-refractivity contribution in [2.45, 2.75) is 23.8 Å². The molecular weight excluding hydrogens is 212 g/mol. The molecule has 1 aliphatic carbocycles. The summed E-state index contributed by atoms with van der Waals surface area (Å²) in [5, 5.41) is 0. The van der Waals surface area contributed by atoms with Crippen molar-refractivity contribution in [3.8, 4) is 5.75 Å². The molecule has 0 aliphatic heterocycles. The first-order valence-electron chi connectivity index (χ1n) is 4.72. The second kappa shape index (κ2) is 4.10. The average molecular weight is 224 g/mol. The van der Waals surface area contributed by atoms with Crippen LogP contribution in [0, 0.1) is 0 Å². The van der Waals surface area contributed by atoms with Crippen LogP contribution in [0.5, 0.6) is 5.75 Å². The highest BCUT2D eigenvalue weighted by Gasteiger charge is 2.27. The van der Waals surface area contributed by atoms with Crippen LogP contribution in [0.2, 0.25) is 0 Å². The Labute approximate surface area is 92.2 Å². The molecule has 1 amide bonds. The van der Waals surface area contributed by atoms with E-state index in [0.717, 1.165) is 17.7 Å². The van der Waals surface area contributed by atoms with E-state index >= 15 is 0 Å². The zero-order chi connectivity index (χ0) is 10.8. The van der Waals surface area contributed by atoms with Crippen LogP contribution in [-0.2, 0) is 0 Å². The normalized spacial score (nSPS) is 15.0. The molecule has 1 fully saturated rings. The molecule has 0 unspecified atom stereocenters. The highest BCUT2D eigenvalue weighted by molar-refractivity contribution is 7.98. The molecule has 1 aromatic heterocycles. The molecule has 1 aliphatic rings. The van der Waals surface area contributed by atoms with Gasteiger partial charge >= 0.3 is 0 Å². The quantitative estimate of drug-likeness (QED) is 0.786. The Kier molecular flexibility index (Phi) is 2.81. The van der Waals surface area contributed by atoms with E-state index in [1.165, 1.54) is 11.8 Å². The Balaban J connectivity index is 2.38. The highest BCUT2D eigenvalue weighted by Crippen LogP contribution is 2.35. The van der Waals surface area contributed by atoms with Gasteiger partial charge in [-0.05, 0) is 25.2 Å². The van der Waals surface area contributed by atoms with E-state index in [4.69, 9.17) is 10.5 Å². The lowest BCUT2D eigenvalue weighted by atomic mass is 10.3. The van der Waals surface area contributed by atoms with Crippen LogP contribution in [0.1, 0.15) is 23.3 Å². The molecule has 0 radical (unpaired) electrons. The molecule has 0 bridgehead atoms. The highest BCUT2D eigenvalue weighted by atomic mass is 32.2. The lowest BCUT2D eigenvalue weighted by Crippen LogP contribution is -2.16. The second-order valence-corrected chi connectivity index (χ2v) is 4.22. The molecule has 5 heteroatoms. The van der Waals surface area contributed by atoms with E-state index in [0.29, 0.717) is 5.75 Å². The third-order valence-electron chi connectivity index (χ3n) is 2.13. The number of carbonyl (C=O) groups excluding carboxylic acids is 1. The summed E-state index contributed by atoms with van der Waals surface area (Å²) >= 11 is 1.52. The third-order valence-corrected chi connectivity index (χ3v) is 2.89. The van der Waals surface area contributed by atoms with Crippen LogP contribution in [0.15, 0.2) is 17.2 Å². The topological polar surface area (TPSA) is 65.2 Å². The number of hydrogen-bond donors (Lipinski definition) is 1. The van der Waals surface area contributed by atoms with Crippen molar-refractivity contribution in [2.75, 3.05) is 6.26 Å². The van der Waals surface area contributed by atoms with Gasteiger partial charge < -0.3 is 10.5 Å². The zero-order valence-corrected chi connectivity index (χ0v) is 9.21. The molecule has 2 N–H and O–H groups in total. The van der Waals surface area contributed by atoms with Crippen LogP contribution in [0.3, 0.4) is 0 Å². The van der Waals surface area contributed by atoms with Crippen LogP contribution < -0.4 is 10.5 Å². The van der Waals surface area contributed by atoms with Crippen molar-refractivity contribution in [3.05, 3.63) is 18.0 Å². The summed E-state index contributed by atoms with van der Waals surface area (Å²) in [4.78, 5) is 16.0. The predicted octanol–water partition coefficient (Wildman–Crippen LogP) is 1.44. The first kappa shape index (κ1) is 10.3. The number of amides is 1. The molecule has 15 heavy (non-hydrogen) atoms. The Hall–Kier alpha value is -1.23. The van der Waals surface area contributed by atoms with Crippen molar-refractivity contribution in [1.82, 2.24) is 4.98 Å². The smallest absolute Gasteiger partial charge is 0.271 e. The molecule has 0 saturated heterocycles. The summed E-state index contributed by atoms with van der Waals surface area (Å²) < 4.78 is 5.66. The van der Waals surface area contributed by atoms with Gasteiger partial charge in [-0.2, -0.15) is 0 Å².